The number of rotatable bonds is 2. The summed E-state index contributed by atoms with van der Waals surface area (Å²) < 4.78 is 7.50. The van der Waals surface area contributed by atoms with Crippen LogP contribution in [0.15, 0.2) is 57.7 Å². The number of benzene rings is 2. The van der Waals surface area contributed by atoms with E-state index in [1.807, 2.05) is 30.3 Å². The summed E-state index contributed by atoms with van der Waals surface area (Å²) in [7, 11) is 0. The van der Waals surface area contributed by atoms with Gasteiger partial charge in [0.05, 0.1) is 4.47 Å². The lowest BCUT2D eigenvalue weighted by Gasteiger charge is -2.05. The molecule has 0 aliphatic heterocycles. The van der Waals surface area contributed by atoms with Gasteiger partial charge in [0.2, 0.25) is 0 Å². The number of hydrogen-bond donors (Lipinski definition) is 0. The largest absolute Gasteiger partial charge is 0.424 e. The first-order valence-electron chi connectivity index (χ1n) is 5.55. The van der Waals surface area contributed by atoms with Crippen molar-refractivity contribution in [1.82, 2.24) is 9.97 Å². The van der Waals surface area contributed by atoms with Crippen LogP contribution in [0.3, 0.4) is 0 Å². The van der Waals surface area contributed by atoms with Gasteiger partial charge in [0.25, 0.3) is 0 Å². The summed E-state index contributed by atoms with van der Waals surface area (Å²) in [6, 6.07) is 12.3. The maximum absolute atomic E-state index is 5.62. The van der Waals surface area contributed by atoms with E-state index in [2.05, 4.69) is 47.9 Å². The maximum Gasteiger partial charge on any atom is 0.321 e. The van der Waals surface area contributed by atoms with Gasteiger partial charge < -0.3 is 4.74 Å². The van der Waals surface area contributed by atoms with Gasteiger partial charge in [-0.15, -0.1) is 0 Å². The Hall–Kier alpha value is -1.46. The lowest BCUT2D eigenvalue weighted by Crippen LogP contribution is -1.90. The molecule has 3 nitrogen and oxygen atoms in total. The van der Waals surface area contributed by atoms with Gasteiger partial charge in [0.1, 0.15) is 5.75 Å². The molecule has 0 saturated heterocycles. The Morgan fingerprint density at radius 2 is 1.47 bits per heavy atom. The van der Waals surface area contributed by atoms with E-state index in [1.165, 1.54) is 0 Å². The Morgan fingerprint density at radius 3 is 2.26 bits per heavy atom. The predicted molar refractivity (Wildman–Crippen MR) is 81.5 cm³/mol. The summed E-state index contributed by atoms with van der Waals surface area (Å²) >= 11 is 6.74. The minimum atomic E-state index is 0.333. The van der Waals surface area contributed by atoms with Crippen LogP contribution in [0.25, 0.3) is 10.8 Å². The summed E-state index contributed by atoms with van der Waals surface area (Å²) in [4.78, 5) is 8.16. The van der Waals surface area contributed by atoms with Gasteiger partial charge in [-0.2, -0.15) is 0 Å². The molecule has 3 aromatic rings. The fourth-order valence-corrected chi connectivity index (χ4v) is 2.30. The van der Waals surface area contributed by atoms with Crippen LogP contribution in [0.5, 0.6) is 11.8 Å². The first kappa shape index (κ1) is 12.6. The molecule has 5 heteroatoms. The van der Waals surface area contributed by atoms with E-state index in [9.17, 15) is 0 Å². The molecule has 0 aliphatic rings. The highest BCUT2D eigenvalue weighted by Crippen LogP contribution is 2.26. The van der Waals surface area contributed by atoms with E-state index in [0.717, 1.165) is 25.5 Å². The average molecular weight is 380 g/mol. The Kier molecular flexibility index (Phi) is 3.48. The minimum Gasteiger partial charge on any atom is -0.424 e. The van der Waals surface area contributed by atoms with Gasteiger partial charge in [-0.25, -0.2) is 9.97 Å². The molecule has 2 aromatic carbocycles. The molecular weight excluding hydrogens is 372 g/mol. The number of nitrogens with zero attached hydrogens (tertiary/aromatic N) is 2. The minimum absolute atomic E-state index is 0.333. The molecule has 0 bridgehead atoms. The van der Waals surface area contributed by atoms with E-state index in [4.69, 9.17) is 4.74 Å². The van der Waals surface area contributed by atoms with Gasteiger partial charge in [0, 0.05) is 16.9 Å². The molecule has 0 unspecified atom stereocenters. The maximum atomic E-state index is 5.62. The molecule has 0 radical (unpaired) electrons. The Balaban J connectivity index is 1.93. The highest BCUT2D eigenvalue weighted by atomic mass is 79.9. The highest BCUT2D eigenvalue weighted by Gasteiger charge is 2.02. The second-order valence-corrected chi connectivity index (χ2v) is 5.77. The lowest BCUT2D eigenvalue weighted by molar-refractivity contribution is 0.442. The first-order valence-corrected chi connectivity index (χ1v) is 7.14. The van der Waals surface area contributed by atoms with Gasteiger partial charge in [-0.05, 0) is 51.0 Å². The van der Waals surface area contributed by atoms with Crippen LogP contribution in [0.1, 0.15) is 0 Å². The van der Waals surface area contributed by atoms with Crippen LogP contribution in [-0.2, 0) is 0 Å². The van der Waals surface area contributed by atoms with Crippen molar-refractivity contribution in [3.8, 4) is 11.8 Å². The van der Waals surface area contributed by atoms with Crippen molar-refractivity contribution in [2.24, 2.45) is 0 Å². The topological polar surface area (TPSA) is 35.0 Å². The third-order valence-electron chi connectivity index (χ3n) is 2.58. The molecule has 0 amide bonds. The molecule has 0 atom stereocenters. The van der Waals surface area contributed by atoms with Gasteiger partial charge in [-0.1, -0.05) is 28.1 Å². The van der Waals surface area contributed by atoms with Crippen LogP contribution in [0.2, 0.25) is 0 Å². The zero-order valence-electron chi connectivity index (χ0n) is 9.68. The summed E-state index contributed by atoms with van der Waals surface area (Å²) in [5, 5.41) is 2.26. The van der Waals surface area contributed by atoms with Crippen molar-refractivity contribution in [2.75, 3.05) is 0 Å². The average Bonchev–Trinajstić information content (AvgIpc) is 2.42. The first-order chi connectivity index (χ1) is 9.20. The third-order valence-corrected chi connectivity index (χ3v) is 3.48. The fourth-order valence-electron chi connectivity index (χ4n) is 1.72. The quantitative estimate of drug-likeness (QED) is 0.632. The van der Waals surface area contributed by atoms with Crippen LogP contribution in [-0.4, -0.2) is 9.97 Å². The molecule has 1 aromatic heterocycles. The van der Waals surface area contributed by atoms with E-state index in [-0.39, 0.29) is 0 Å². The molecule has 19 heavy (non-hydrogen) atoms. The van der Waals surface area contributed by atoms with Crippen LogP contribution < -0.4 is 4.74 Å². The molecular formula is C14H8Br2N2O. The Bertz CT molecular complexity index is 729. The van der Waals surface area contributed by atoms with Crippen LogP contribution in [0.4, 0.5) is 0 Å². The molecule has 0 N–H and O–H groups in total. The summed E-state index contributed by atoms with van der Waals surface area (Å²) in [5.74, 6) is 0.720. The van der Waals surface area contributed by atoms with E-state index in [1.54, 1.807) is 12.4 Å². The van der Waals surface area contributed by atoms with E-state index < -0.39 is 0 Å². The third kappa shape index (κ3) is 2.93. The lowest BCUT2D eigenvalue weighted by atomic mass is 10.1. The molecule has 94 valence electrons. The van der Waals surface area contributed by atoms with Crippen molar-refractivity contribution in [2.45, 2.75) is 0 Å². The van der Waals surface area contributed by atoms with Crippen LogP contribution >= 0.6 is 31.9 Å². The Labute approximate surface area is 126 Å². The second-order valence-electron chi connectivity index (χ2n) is 3.94. The fraction of sp³-hybridized carbons (Fsp3) is 0. The van der Waals surface area contributed by atoms with E-state index >= 15 is 0 Å². The molecule has 0 aliphatic carbocycles. The van der Waals surface area contributed by atoms with Gasteiger partial charge >= 0.3 is 6.01 Å². The normalized spacial score (nSPS) is 10.6. The number of aromatic nitrogens is 2. The number of halogens is 2. The molecule has 0 fully saturated rings. The Morgan fingerprint density at radius 1 is 0.789 bits per heavy atom. The zero-order valence-corrected chi connectivity index (χ0v) is 12.8. The van der Waals surface area contributed by atoms with Crippen molar-refractivity contribution in [1.29, 1.82) is 0 Å². The van der Waals surface area contributed by atoms with Gasteiger partial charge in [-0.3, -0.25) is 0 Å². The van der Waals surface area contributed by atoms with Crippen molar-refractivity contribution in [3.05, 3.63) is 57.7 Å². The standard InChI is InChI=1S/C14H8Br2N2O/c15-11-3-1-10-6-13(4-2-9(10)5-11)19-14-17-7-12(16)8-18-14/h1-8H. The summed E-state index contributed by atoms with van der Waals surface area (Å²) in [6.07, 6.45) is 3.31. The van der Waals surface area contributed by atoms with Crippen LogP contribution in [0, 0.1) is 0 Å². The number of fused-ring (bicyclic) bond motifs is 1. The van der Waals surface area contributed by atoms with Crippen molar-refractivity contribution < 1.29 is 4.74 Å². The zero-order chi connectivity index (χ0) is 13.2. The summed E-state index contributed by atoms with van der Waals surface area (Å²) in [5.41, 5.74) is 0. The molecule has 3 rings (SSSR count). The SMILES string of the molecule is Brc1cnc(Oc2ccc3cc(Br)ccc3c2)nc1. The smallest absolute Gasteiger partial charge is 0.321 e. The van der Waals surface area contributed by atoms with Gasteiger partial charge in [0.15, 0.2) is 0 Å². The second kappa shape index (κ2) is 5.27. The predicted octanol–water partition coefficient (Wildman–Crippen LogP) is 4.95. The molecule has 0 spiro atoms. The van der Waals surface area contributed by atoms with Crippen molar-refractivity contribution in [3.63, 3.8) is 0 Å². The molecule has 1 heterocycles. The number of hydrogen-bond acceptors (Lipinski definition) is 3. The van der Waals surface area contributed by atoms with E-state index in [0.29, 0.717) is 6.01 Å². The van der Waals surface area contributed by atoms with Crippen molar-refractivity contribution >= 4 is 42.6 Å². The monoisotopic (exact) mass is 378 g/mol. The molecule has 0 saturated carbocycles. The number of ether oxygens (including phenoxy) is 1. The highest BCUT2D eigenvalue weighted by molar-refractivity contribution is 9.10. The summed E-state index contributed by atoms with van der Waals surface area (Å²) in [6.45, 7) is 0.